The Labute approximate surface area is 111 Å². The number of rotatable bonds is 3. The van der Waals surface area contributed by atoms with Crippen molar-refractivity contribution in [2.75, 3.05) is 5.32 Å². The van der Waals surface area contributed by atoms with Gasteiger partial charge in [0.05, 0.1) is 16.8 Å². The molecule has 19 heavy (non-hydrogen) atoms. The Hall–Kier alpha value is -2.79. The molecule has 2 rings (SSSR count). The molecule has 0 radical (unpaired) electrons. The molecule has 1 heterocycles. The van der Waals surface area contributed by atoms with Gasteiger partial charge >= 0.3 is 0 Å². The number of aromatic nitrogens is 2. The summed E-state index contributed by atoms with van der Waals surface area (Å²) >= 11 is 0. The molecular formula is C14H13N5. The Bertz CT molecular complexity index is 685. The molecule has 5 nitrogen and oxygen atoms in total. The van der Waals surface area contributed by atoms with Crippen molar-refractivity contribution in [3.8, 4) is 12.1 Å². The number of nitrogens with one attached hydrogen (secondary N) is 1. The molecule has 0 spiro atoms. The van der Waals surface area contributed by atoms with E-state index in [1.165, 1.54) is 0 Å². The van der Waals surface area contributed by atoms with Crippen LogP contribution in [-0.2, 0) is 13.6 Å². The van der Waals surface area contributed by atoms with E-state index in [1.807, 2.05) is 32.3 Å². The summed E-state index contributed by atoms with van der Waals surface area (Å²) < 4.78 is 1.77. The lowest BCUT2D eigenvalue weighted by molar-refractivity contribution is 0.756. The molecule has 1 N–H and O–H groups in total. The van der Waals surface area contributed by atoms with Crippen molar-refractivity contribution in [2.45, 2.75) is 13.5 Å². The van der Waals surface area contributed by atoms with Crippen molar-refractivity contribution in [2.24, 2.45) is 7.05 Å². The number of nitriles is 2. The molecule has 1 aromatic heterocycles. The third-order valence-electron chi connectivity index (χ3n) is 2.86. The molecule has 0 unspecified atom stereocenters. The van der Waals surface area contributed by atoms with Crippen molar-refractivity contribution in [3.05, 3.63) is 46.8 Å². The number of aryl methyl sites for hydroxylation is 2. The van der Waals surface area contributed by atoms with E-state index >= 15 is 0 Å². The van der Waals surface area contributed by atoms with Gasteiger partial charge in [0, 0.05) is 31.0 Å². The van der Waals surface area contributed by atoms with Crippen molar-refractivity contribution in [1.82, 2.24) is 9.78 Å². The molecular weight excluding hydrogens is 238 g/mol. The maximum Gasteiger partial charge on any atom is 0.101 e. The Morgan fingerprint density at radius 2 is 2.00 bits per heavy atom. The normalized spacial score (nSPS) is 9.68. The van der Waals surface area contributed by atoms with Crippen molar-refractivity contribution < 1.29 is 0 Å². The van der Waals surface area contributed by atoms with Crippen molar-refractivity contribution >= 4 is 5.69 Å². The second kappa shape index (κ2) is 5.24. The zero-order valence-electron chi connectivity index (χ0n) is 10.8. The van der Waals surface area contributed by atoms with Crippen LogP contribution >= 0.6 is 0 Å². The van der Waals surface area contributed by atoms with Gasteiger partial charge in [-0.15, -0.1) is 0 Å². The summed E-state index contributed by atoms with van der Waals surface area (Å²) in [4.78, 5) is 0. The van der Waals surface area contributed by atoms with Crippen molar-refractivity contribution in [1.29, 1.82) is 10.5 Å². The van der Waals surface area contributed by atoms with Crippen LogP contribution in [0.15, 0.2) is 24.4 Å². The predicted octanol–water partition coefficient (Wildman–Crippen LogP) is 2.08. The Balaban J connectivity index is 2.15. The fraction of sp³-hybridized carbons (Fsp3) is 0.214. The Morgan fingerprint density at radius 1 is 1.26 bits per heavy atom. The van der Waals surface area contributed by atoms with Gasteiger partial charge in [0.1, 0.15) is 12.1 Å². The number of hydrogen-bond donors (Lipinski definition) is 1. The highest BCUT2D eigenvalue weighted by molar-refractivity contribution is 5.56. The summed E-state index contributed by atoms with van der Waals surface area (Å²) in [5.74, 6) is 0. The minimum atomic E-state index is 0.385. The van der Waals surface area contributed by atoms with E-state index in [1.54, 1.807) is 22.9 Å². The molecule has 0 fully saturated rings. The zero-order chi connectivity index (χ0) is 13.8. The zero-order valence-corrected chi connectivity index (χ0v) is 10.8. The van der Waals surface area contributed by atoms with E-state index in [9.17, 15) is 0 Å². The van der Waals surface area contributed by atoms with E-state index in [-0.39, 0.29) is 0 Å². The van der Waals surface area contributed by atoms with Crippen LogP contribution in [0.3, 0.4) is 0 Å². The molecule has 0 amide bonds. The lowest BCUT2D eigenvalue weighted by atomic mass is 10.1. The molecule has 5 heteroatoms. The van der Waals surface area contributed by atoms with Crippen LogP contribution in [0.5, 0.6) is 0 Å². The van der Waals surface area contributed by atoms with E-state index in [0.29, 0.717) is 17.7 Å². The average molecular weight is 251 g/mol. The molecule has 94 valence electrons. The van der Waals surface area contributed by atoms with E-state index in [0.717, 1.165) is 16.9 Å². The molecule has 0 aliphatic carbocycles. The quantitative estimate of drug-likeness (QED) is 0.906. The van der Waals surface area contributed by atoms with Gasteiger partial charge in [-0.05, 0) is 25.1 Å². The van der Waals surface area contributed by atoms with Crippen LogP contribution in [0.25, 0.3) is 0 Å². The van der Waals surface area contributed by atoms with E-state index in [4.69, 9.17) is 10.5 Å². The largest absolute Gasteiger partial charge is 0.381 e. The summed E-state index contributed by atoms with van der Waals surface area (Å²) in [6.45, 7) is 2.59. The van der Waals surface area contributed by atoms with Crippen LogP contribution in [0.4, 0.5) is 5.69 Å². The second-order valence-corrected chi connectivity index (χ2v) is 4.25. The lowest BCUT2D eigenvalue weighted by Gasteiger charge is -2.06. The molecule has 0 atom stereocenters. The number of anilines is 1. The van der Waals surface area contributed by atoms with Gasteiger partial charge in [-0.25, -0.2) is 0 Å². The summed E-state index contributed by atoms with van der Waals surface area (Å²) in [6.07, 6.45) is 1.96. The van der Waals surface area contributed by atoms with Crippen LogP contribution in [-0.4, -0.2) is 9.78 Å². The molecule has 0 aliphatic rings. The highest BCUT2D eigenvalue weighted by atomic mass is 15.2. The fourth-order valence-corrected chi connectivity index (χ4v) is 1.86. The Morgan fingerprint density at radius 3 is 2.58 bits per heavy atom. The number of benzene rings is 1. The predicted molar refractivity (Wildman–Crippen MR) is 71.1 cm³/mol. The Kier molecular flexibility index (Phi) is 3.49. The van der Waals surface area contributed by atoms with E-state index < -0.39 is 0 Å². The van der Waals surface area contributed by atoms with Gasteiger partial charge < -0.3 is 5.32 Å². The third-order valence-corrected chi connectivity index (χ3v) is 2.86. The summed E-state index contributed by atoms with van der Waals surface area (Å²) in [6, 6.07) is 9.15. The van der Waals surface area contributed by atoms with Gasteiger partial charge in [0.25, 0.3) is 0 Å². The molecule has 0 saturated carbocycles. The van der Waals surface area contributed by atoms with Crippen LogP contribution in [0.1, 0.15) is 22.4 Å². The minimum absolute atomic E-state index is 0.385. The molecule has 0 bridgehead atoms. The first-order chi connectivity index (χ1) is 9.13. The first-order valence-corrected chi connectivity index (χ1v) is 5.81. The first kappa shape index (κ1) is 12.7. The van der Waals surface area contributed by atoms with Gasteiger partial charge in [-0.3, -0.25) is 4.68 Å². The highest BCUT2D eigenvalue weighted by Crippen LogP contribution is 2.16. The first-order valence-electron chi connectivity index (χ1n) is 5.81. The highest BCUT2D eigenvalue weighted by Gasteiger charge is 2.05. The maximum atomic E-state index is 8.96. The molecule has 0 saturated heterocycles. The van der Waals surface area contributed by atoms with Crippen LogP contribution < -0.4 is 5.32 Å². The van der Waals surface area contributed by atoms with E-state index in [2.05, 4.69) is 10.4 Å². The molecule has 0 aliphatic heterocycles. The standard InChI is InChI=1S/C14H13N5/c1-10-13(9-19(2)18-10)8-17-14-4-3-11(6-15)12(5-14)7-16/h3-5,9,17H,8H2,1-2H3. The third kappa shape index (κ3) is 2.72. The summed E-state index contributed by atoms with van der Waals surface area (Å²) in [7, 11) is 1.88. The number of nitrogens with zero attached hydrogens (tertiary/aromatic N) is 4. The fourth-order valence-electron chi connectivity index (χ4n) is 1.86. The maximum absolute atomic E-state index is 8.96. The molecule has 2 aromatic rings. The summed E-state index contributed by atoms with van der Waals surface area (Å²) in [5.41, 5.74) is 3.68. The number of hydrogen-bond acceptors (Lipinski definition) is 4. The average Bonchev–Trinajstić information content (AvgIpc) is 2.74. The van der Waals surface area contributed by atoms with Gasteiger partial charge in [-0.1, -0.05) is 0 Å². The van der Waals surface area contributed by atoms with Crippen LogP contribution in [0, 0.1) is 29.6 Å². The van der Waals surface area contributed by atoms with Gasteiger partial charge in [0.15, 0.2) is 0 Å². The second-order valence-electron chi connectivity index (χ2n) is 4.25. The minimum Gasteiger partial charge on any atom is -0.381 e. The SMILES string of the molecule is Cc1nn(C)cc1CNc1ccc(C#N)c(C#N)c1. The van der Waals surface area contributed by atoms with Gasteiger partial charge in [-0.2, -0.15) is 15.6 Å². The lowest BCUT2D eigenvalue weighted by Crippen LogP contribution is -2.00. The van der Waals surface area contributed by atoms with Crippen molar-refractivity contribution in [3.63, 3.8) is 0 Å². The monoisotopic (exact) mass is 251 g/mol. The van der Waals surface area contributed by atoms with Gasteiger partial charge in [0.2, 0.25) is 0 Å². The summed E-state index contributed by atoms with van der Waals surface area (Å²) in [5, 5.41) is 25.3. The smallest absolute Gasteiger partial charge is 0.101 e. The topological polar surface area (TPSA) is 77.4 Å². The van der Waals surface area contributed by atoms with Crippen LogP contribution in [0.2, 0.25) is 0 Å². The molecule has 1 aromatic carbocycles.